The zero-order chi connectivity index (χ0) is 20.1. The molecule has 0 spiro atoms. The van der Waals surface area contributed by atoms with Crippen LogP contribution in [0.3, 0.4) is 0 Å². The van der Waals surface area contributed by atoms with Crippen molar-refractivity contribution >= 4 is 41.6 Å². The smallest absolute Gasteiger partial charge is 0.325 e. The second-order valence-electron chi connectivity index (χ2n) is 6.59. The monoisotopic (exact) mass is 417 g/mol. The van der Waals surface area contributed by atoms with Crippen molar-refractivity contribution in [2.75, 3.05) is 30.0 Å². The number of methoxy groups -OCH3 is 1. The maximum Gasteiger partial charge on any atom is 0.325 e. The van der Waals surface area contributed by atoms with Crippen LogP contribution in [0.1, 0.15) is 12.0 Å². The van der Waals surface area contributed by atoms with Crippen LogP contribution < -0.4 is 15.5 Å². The molecule has 0 radical (unpaired) electrons. The molecule has 0 saturated heterocycles. The van der Waals surface area contributed by atoms with E-state index in [1.54, 1.807) is 24.3 Å². The Morgan fingerprint density at radius 3 is 2.34 bits per heavy atom. The second-order valence-corrected chi connectivity index (χ2v) is 6.59. The van der Waals surface area contributed by atoms with E-state index in [0.717, 1.165) is 5.56 Å². The molecule has 1 aliphatic heterocycles. The third-order valence-corrected chi connectivity index (χ3v) is 4.71. The van der Waals surface area contributed by atoms with Gasteiger partial charge in [0.15, 0.2) is 0 Å². The van der Waals surface area contributed by atoms with Crippen molar-refractivity contribution in [3.05, 3.63) is 60.2 Å². The van der Waals surface area contributed by atoms with E-state index in [-0.39, 0.29) is 37.8 Å². The van der Waals surface area contributed by atoms with E-state index in [0.29, 0.717) is 17.8 Å². The number of hydrogen-bond acceptors (Lipinski definition) is 5. The summed E-state index contributed by atoms with van der Waals surface area (Å²) in [5.74, 6) is -1.10. The number of amides is 2. The van der Waals surface area contributed by atoms with Crippen molar-refractivity contribution < 1.29 is 19.1 Å². The van der Waals surface area contributed by atoms with E-state index in [9.17, 15) is 14.4 Å². The Labute approximate surface area is 175 Å². The van der Waals surface area contributed by atoms with Crippen LogP contribution in [0.4, 0.5) is 11.4 Å². The number of carbonyl (C=O) groups is 3. The summed E-state index contributed by atoms with van der Waals surface area (Å²) in [6.45, 7) is -0.201. The number of benzene rings is 2. The molecule has 3 rings (SSSR count). The molecule has 0 saturated carbocycles. The molecule has 7 nitrogen and oxygen atoms in total. The van der Waals surface area contributed by atoms with E-state index in [2.05, 4.69) is 0 Å². The van der Waals surface area contributed by atoms with Crippen LogP contribution in [0.15, 0.2) is 54.6 Å². The van der Waals surface area contributed by atoms with Gasteiger partial charge in [-0.1, -0.05) is 42.5 Å². The standard InChI is InChI=1S/C21H23N3O4.ClH/c1-28-20(26)14-24-18-10-6-5-9-17(18)23(13-16(22)21(24)27)19(25)12-11-15-7-3-2-4-8-15;/h2-10,16H,11-14,22H2,1H3;1H/t16-;/m0./s1. The average molecular weight is 418 g/mol. The fourth-order valence-corrected chi connectivity index (χ4v) is 3.24. The first-order chi connectivity index (χ1) is 13.5. The number of ether oxygens (including phenoxy) is 1. The maximum atomic E-state index is 13.0. The summed E-state index contributed by atoms with van der Waals surface area (Å²) in [7, 11) is 1.26. The summed E-state index contributed by atoms with van der Waals surface area (Å²) in [5, 5.41) is 0. The van der Waals surface area contributed by atoms with Gasteiger partial charge in [-0.2, -0.15) is 0 Å². The molecule has 0 aromatic heterocycles. The zero-order valence-corrected chi connectivity index (χ0v) is 16.9. The molecule has 2 amide bonds. The van der Waals surface area contributed by atoms with Crippen LogP contribution >= 0.6 is 12.4 Å². The minimum absolute atomic E-state index is 0. The first kappa shape index (κ1) is 22.4. The molecule has 29 heavy (non-hydrogen) atoms. The molecule has 2 N–H and O–H groups in total. The van der Waals surface area contributed by atoms with Crippen molar-refractivity contribution in [2.45, 2.75) is 18.9 Å². The Morgan fingerprint density at radius 2 is 1.69 bits per heavy atom. The van der Waals surface area contributed by atoms with Crippen molar-refractivity contribution in [3.63, 3.8) is 0 Å². The van der Waals surface area contributed by atoms with Gasteiger partial charge in [0.2, 0.25) is 11.8 Å². The third-order valence-electron chi connectivity index (χ3n) is 4.71. The van der Waals surface area contributed by atoms with E-state index in [1.165, 1.54) is 16.9 Å². The number of halogens is 1. The van der Waals surface area contributed by atoms with E-state index >= 15 is 0 Å². The normalized spacial score (nSPS) is 15.8. The van der Waals surface area contributed by atoms with Gasteiger partial charge in [0.1, 0.15) is 12.6 Å². The number of fused-ring (bicyclic) bond motifs is 1. The van der Waals surface area contributed by atoms with Crippen molar-refractivity contribution in [3.8, 4) is 0 Å². The number of aryl methyl sites for hydroxylation is 1. The molecular weight excluding hydrogens is 394 g/mol. The van der Waals surface area contributed by atoms with Gasteiger partial charge in [-0.05, 0) is 24.1 Å². The molecular formula is C21H24ClN3O4. The summed E-state index contributed by atoms with van der Waals surface area (Å²) >= 11 is 0. The number of rotatable bonds is 5. The maximum absolute atomic E-state index is 13.0. The van der Waals surface area contributed by atoms with Gasteiger partial charge in [-0.25, -0.2) is 0 Å². The van der Waals surface area contributed by atoms with Crippen molar-refractivity contribution in [2.24, 2.45) is 5.73 Å². The Morgan fingerprint density at radius 1 is 1.07 bits per heavy atom. The molecule has 2 aromatic rings. The van der Waals surface area contributed by atoms with E-state index in [4.69, 9.17) is 10.5 Å². The van der Waals surface area contributed by atoms with E-state index in [1.807, 2.05) is 30.3 Å². The minimum Gasteiger partial charge on any atom is -0.468 e. The molecule has 1 aliphatic rings. The summed E-state index contributed by atoms with van der Waals surface area (Å²) in [4.78, 5) is 40.4. The highest BCUT2D eigenvalue weighted by atomic mass is 35.5. The number of nitrogens with zero attached hydrogens (tertiary/aromatic N) is 2. The molecule has 1 heterocycles. The molecule has 154 valence electrons. The molecule has 2 aromatic carbocycles. The fourth-order valence-electron chi connectivity index (χ4n) is 3.24. The number of anilines is 2. The summed E-state index contributed by atoms with van der Waals surface area (Å²) < 4.78 is 4.70. The molecule has 1 atom stereocenters. The number of para-hydroxylation sites is 2. The number of esters is 1. The van der Waals surface area contributed by atoms with Crippen LogP contribution in [0.2, 0.25) is 0 Å². The number of nitrogens with two attached hydrogens (primary N) is 1. The van der Waals surface area contributed by atoms with Gasteiger partial charge in [0.25, 0.3) is 0 Å². The quantitative estimate of drug-likeness (QED) is 0.750. The van der Waals surface area contributed by atoms with Crippen molar-refractivity contribution in [1.82, 2.24) is 0 Å². The SMILES string of the molecule is COC(=O)CN1C(=O)[C@@H](N)CN(C(=O)CCc2ccccc2)c2ccccc21.Cl. The lowest BCUT2D eigenvalue weighted by molar-refractivity contribution is -0.140. The highest BCUT2D eigenvalue weighted by Crippen LogP contribution is 2.33. The number of hydrogen-bond donors (Lipinski definition) is 1. The van der Waals surface area contributed by atoms with Gasteiger partial charge < -0.3 is 15.4 Å². The minimum atomic E-state index is -0.933. The predicted molar refractivity (Wildman–Crippen MR) is 113 cm³/mol. The van der Waals surface area contributed by atoms with Crippen LogP contribution in [-0.4, -0.2) is 44.0 Å². The Bertz CT molecular complexity index is 875. The zero-order valence-electron chi connectivity index (χ0n) is 16.1. The van der Waals surface area contributed by atoms with Gasteiger partial charge in [-0.15, -0.1) is 12.4 Å². The van der Waals surface area contributed by atoms with Crippen LogP contribution in [0.25, 0.3) is 0 Å². The molecule has 8 heteroatoms. The Hall–Kier alpha value is -2.90. The van der Waals surface area contributed by atoms with E-state index < -0.39 is 17.9 Å². The Kier molecular flexibility index (Phi) is 7.75. The lowest BCUT2D eigenvalue weighted by Crippen LogP contribution is -2.49. The first-order valence-corrected chi connectivity index (χ1v) is 9.08. The highest BCUT2D eigenvalue weighted by Gasteiger charge is 2.34. The second kappa shape index (κ2) is 10.0. The summed E-state index contributed by atoms with van der Waals surface area (Å²) in [5.41, 5.74) is 8.16. The predicted octanol–water partition coefficient (Wildman–Crippen LogP) is 1.92. The molecule has 0 fully saturated rings. The summed E-state index contributed by atoms with van der Waals surface area (Å²) in [6, 6.07) is 15.8. The average Bonchev–Trinajstić information content (AvgIpc) is 2.83. The highest BCUT2D eigenvalue weighted by molar-refractivity contribution is 6.08. The van der Waals surface area contributed by atoms with Gasteiger partial charge in [0, 0.05) is 6.42 Å². The molecule has 0 unspecified atom stereocenters. The Balaban J connectivity index is 0.00000300. The lowest BCUT2D eigenvalue weighted by atomic mass is 10.1. The molecule has 0 bridgehead atoms. The van der Waals surface area contributed by atoms with Gasteiger partial charge in [0.05, 0.1) is 25.0 Å². The third kappa shape index (κ3) is 5.13. The largest absolute Gasteiger partial charge is 0.468 e. The summed E-state index contributed by atoms with van der Waals surface area (Å²) in [6.07, 6.45) is 0.879. The first-order valence-electron chi connectivity index (χ1n) is 9.08. The number of carbonyl (C=O) groups excluding carboxylic acids is 3. The lowest BCUT2D eigenvalue weighted by Gasteiger charge is -2.24. The van der Waals surface area contributed by atoms with Crippen molar-refractivity contribution in [1.29, 1.82) is 0 Å². The molecule has 0 aliphatic carbocycles. The fraction of sp³-hybridized carbons (Fsp3) is 0.286. The van der Waals surface area contributed by atoms with Gasteiger partial charge >= 0.3 is 5.97 Å². The van der Waals surface area contributed by atoms with Gasteiger partial charge in [-0.3, -0.25) is 19.3 Å². The van der Waals surface area contributed by atoms with Crippen LogP contribution in [0, 0.1) is 0 Å². The van der Waals surface area contributed by atoms with Crippen LogP contribution in [0.5, 0.6) is 0 Å². The van der Waals surface area contributed by atoms with Crippen LogP contribution in [-0.2, 0) is 25.5 Å². The topological polar surface area (TPSA) is 92.9 Å².